The predicted octanol–water partition coefficient (Wildman–Crippen LogP) is 5.85. The van der Waals surface area contributed by atoms with Gasteiger partial charge in [-0.25, -0.2) is 0 Å². The van der Waals surface area contributed by atoms with Crippen molar-refractivity contribution in [2.24, 2.45) is 5.41 Å². The van der Waals surface area contributed by atoms with Gasteiger partial charge in [-0.2, -0.15) is 0 Å². The molecule has 6 nitrogen and oxygen atoms in total. The third-order valence-electron chi connectivity index (χ3n) is 4.22. The largest absolute Gasteiger partial charge is 0.495 e. The number of nitrogens with one attached hydrogen (secondary N) is 2. The molecule has 2 rings (SSSR count). The summed E-state index contributed by atoms with van der Waals surface area (Å²) >= 11 is 7.57. The first-order valence-electron chi connectivity index (χ1n) is 9.81. The zero-order valence-electron chi connectivity index (χ0n) is 18.7. The second-order valence-corrected chi connectivity index (χ2v) is 10.1. The molecule has 2 N–H and O–H groups in total. The number of hydrogen-bond acceptors (Lipinski definition) is 5. The minimum absolute atomic E-state index is 0.0380. The van der Waals surface area contributed by atoms with E-state index < -0.39 is 5.25 Å². The number of thioether (sulfide) groups is 1. The number of benzene rings is 2. The number of halogens is 1. The summed E-state index contributed by atoms with van der Waals surface area (Å²) in [4.78, 5) is 25.8. The van der Waals surface area contributed by atoms with Crippen LogP contribution in [0.25, 0.3) is 0 Å². The highest BCUT2D eigenvalue weighted by Crippen LogP contribution is 2.36. The van der Waals surface area contributed by atoms with Crippen LogP contribution in [0.4, 0.5) is 11.4 Å². The summed E-state index contributed by atoms with van der Waals surface area (Å²) < 4.78 is 10.5. The third-order valence-corrected chi connectivity index (χ3v) is 5.61. The van der Waals surface area contributed by atoms with Crippen molar-refractivity contribution in [3.05, 3.63) is 41.4 Å². The van der Waals surface area contributed by atoms with Crippen molar-refractivity contribution in [1.29, 1.82) is 0 Å². The van der Waals surface area contributed by atoms with E-state index in [4.69, 9.17) is 21.1 Å². The molecule has 0 spiro atoms. The maximum Gasteiger partial charge on any atom is 0.237 e. The Kier molecular flexibility index (Phi) is 8.65. The molecule has 0 aliphatic heterocycles. The van der Waals surface area contributed by atoms with E-state index in [2.05, 4.69) is 10.6 Å². The van der Waals surface area contributed by atoms with Crippen molar-refractivity contribution in [2.45, 2.75) is 44.3 Å². The van der Waals surface area contributed by atoms with Crippen molar-refractivity contribution in [2.75, 3.05) is 24.9 Å². The van der Waals surface area contributed by atoms with Gasteiger partial charge < -0.3 is 20.1 Å². The molecule has 0 saturated carbocycles. The van der Waals surface area contributed by atoms with E-state index in [1.807, 2.05) is 52.0 Å². The van der Waals surface area contributed by atoms with E-state index in [1.54, 1.807) is 12.1 Å². The Morgan fingerprint density at radius 1 is 1.06 bits per heavy atom. The number of anilines is 2. The van der Waals surface area contributed by atoms with Gasteiger partial charge in [-0.1, -0.05) is 38.4 Å². The lowest BCUT2D eigenvalue weighted by molar-refractivity contribution is -0.118. The number of rotatable bonds is 8. The Balaban J connectivity index is 2.05. The van der Waals surface area contributed by atoms with Crippen LogP contribution in [0.2, 0.25) is 5.02 Å². The number of carbonyl (C=O) groups excluding carboxylic acids is 2. The standard InChI is InChI=1S/C23H29ClN2O4S/c1-14(22(28)26-18-11-17(24)19(29-5)12-20(18)30-6)31-16-9-7-8-15(10-16)25-21(27)13-23(2,3)4/h7-12,14H,13H2,1-6H3,(H,25,27)(H,26,28). The maximum atomic E-state index is 12.7. The van der Waals surface area contributed by atoms with E-state index in [0.29, 0.717) is 34.3 Å². The Bertz CT molecular complexity index is 944. The van der Waals surface area contributed by atoms with Crippen LogP contribution in [0.5, 0.6) is 11.5 Å². The molecule has 31 heavy (non-hydrogen) atoms. The highest BCUT2D eigenvalue weighted by Gasteiger charge is 2.19. The molecule has 2 amide bonds. The lowest BCUT2D eigenvalue weighted by atomic mass is 9.92. The Hall–Kier alpha value is -2.38. The lowest BCUT2D eigenvalue weighted by Crippen LogP contribution is -2.22. The van der Waals surface area contributed by atoms with Crippen LogP contribution >= 0.6 is 23.4 Å². The zero-order chi connectivity index (χ0) is 23.2. The molecular formula is C23H29ClN2O4S. The van der Waals surface area contributed by atoms with Crippen LogP contribution in [0.1, 0.15) is 34.1 Å². The maximum absolute atomic E-state index is 12.7. The fourth-order valence-electron chi connectivity index (χ4n) is 2.78. The first-order chi connectivity index (χ1) is 14.5. The minimum atomic E-state index is -0.397. The van der Waals surface area contributed by atoms with Crippen molar-refractivity contribution < 1.29 is 19.1 Å². The summed E-state index contributed by atoms with van der Waals surface area (Å²) in [6.45, 7) is 7.86. The van der Waals surface area contributed by atoms with Gasteiger partial charge in [0.2, 0.25) is 11.8 Å². The zero-order valence-corrected chi connectivity index (χ0v) is 20.2. The molecule has 0 saturated heterocycles. The van der Waals surface area contributed by atoms with E-state index >= 15 is 0 Å². The van der Waals surface area contributed by atoms with Gasteiger partial charge in [-0.3, -0.25) is 9.59 Å². The highest BCUT2D eigenvalue weighted by atomic mass is 35.5. The number of ether oxygens (including phenoxy) is 2. The minimum Gasteiger partial charge on any atom is -0.495 e. The van der Waals surface area contributed by atoms with Crippen molar-refractivity contribution in [1.82, 2.24) is 0 Å². The predicted molar refractivity (Wildman–Crippen MR) is 128 cm³/mol. The molecule has 2 aromatic carbocycles. The van der Waals surface area contributed by atoms with Gasteiger partial charge in [-0.15, -0.1) is 11.8 Å². The molecule has 0 fully saturated rings. The first-order valence-corrected chi connectivity index (χ1v) is 11.1. The van der Waals surface area contributed by atoms with Crippen LogP contribution in [-0.2, 0) is 9.59 Å². The fourth-order valence-corrected chi connectivity index (χ4v) is 3.95. The summed E-state index contributed by atoms with van der Waals surface area (Å²) in [6, 6.07) is 10.7. The summed E-state index contributed by atoms with van der Waals surface area (Å²) in [5.74, 6) is 0.676. The van der Waals surface area contributed by atoms with Crippen LogP contribution in [-0.4, -0.2) is 31.3 Å². The van der Waals surface area contributed by atoms with Gasteiger partial charge in [0.15, 0.2) is 0 Å². The van der Waals surface area contributed by atoms with Gasteiger partial charge in [-0.05, 0) is 36.6 Å². The fraction of sp³-hybridized carbons (Fsp3) is 0.391. The quantitative estimate of drug-likeness (QED) is 0.479. The SMILES string of the molecule is COc1cc(OC)c(NC(=O)C(C)Sc2cccc(NC(=O)CC(C)(C)C)c2)cc1Cl. The van der Waals surface area contributed by atoms with Gasteiger partial charge in [0.25, 0.3) is 0 Å². The van der Waals surface area contributed by atoms with Gasteiger partial charge in [0, 0.05) is 23.1 Å². The van der Waals surface area contributed by atoms with E-state index in [0.717, 1.165) is 4.90 Å². The average molecular weight is 465 g/mol. The Labute approximate surface area is 193 Å². The van der Waals surface area contributed by atoms with Gasteiger partial charge in [0.1, 0.15) is 11.5 Å². The van der Waals surface area contributed by atoms with E-state index in [9.17, 15) is 9.59 Å². The van der Waals surface area contributed by atoms with Crippen LogP contribution in [0, 0.1) is 5.41 Å². The molecule has 0 heterocycles. The number of methoxy groups -OCH3 is 2. The molecule has 2 aromatic rings. The molecule has 0 aliphatic carbocycles. The summed E-state index contributed by atoms with van der Waals surface area (Å²) in [6.07, 6.45) is 0.426. The molecule has 1 unspecified atom stereocenters. The van der Waals surface area contributed by atoms with Crippen molar-refractivity contribution in [3.63, 3.8) is 0 Å². The lowest BCUT2D eigenvalue weighted by Gasteiger charge is -2.18. The Morgan fingerprint density at radius 2 is 1.74 bits per heavy atom. The van der Waals surface area contributed by atoms with Crippen molar-refractivity contribution >= 4 is 46.6 Å². The number of hydrogen-bond donors (Lipinski definition) is 2. The molecule has 168 valence electrons. The topological polar surface area (TPSA) is 76.7 Å². The monoisotopic (exact) mass is 464 g/mol. The highest BCUT2D eigenvalue weighted by molar-refractivity contribution is 8.00. The van der Waals surface area contributed by atoms with Crippen LogP contribution in [0.15, 0.2) is 41.3 Å². The summed E-state index contributed by atoms with van der Waals surface area (Å²) in [5, 5.41) is 5.74. The molecule has 0 bridgehead atoms. The molecule has 8 heteroatoms. The van der Waals surface area contributed by atoms with Crippen LogP contribution < -0.4 is 20.1 Å². The number of amides is 2. The third kappa shape index (κ3) is 7.67. The second-order valence-electron chi connectivity index (χ2n) is 8.25. The smallest absolute Gasteiger partial charge is 0.237 e. The molecule has 0 radical (unpaired) electrons. The van der Waals surface area contributed by atoms with Crippen LogP contribution in [0.3, 0.4) is 0 Å². The summed E-state index contributed by atoms with van der Waals surface area (Å²) in [7, 11) is 3.02. The number of carbonyl (C=O) groups is 2. The first kappa shape index (κ1) is 24.9. The average Bonchev–Trinajstić information content (AvgIpc) is 2.66. The normalized spacial score (nSPS) is 12.1. The molecule has 1 atom stereocenters. The van der Waals surface area contributed by atoms with Gasteiger partial charge >= 0.3 is 0 Å². The molecule has 0 aromatic heterocycles. The molecular weight excluding hydrogens is 436 g/mol. The summed E-state index contributed by atoms with van der Waals surface area (Å²) in [5.41, 5.74) is 1.08. The second kappa shape index (κ2) is 10.8. The molecule has 0 aliphatic rings. The van der Waals surface area contributed by atoms with E-state index in [-0.39, 0.29) is 17.2 Å². The van der Waals surface area contributed by atoms with Gasteiger partial charge in [0.05, 0.1) is 30.2 Å². The Morgan fingerprint density at radius 3 is 2.35 bits per heavy atom. The van der Waals surface area contributed by atoms with E-state index in [1.165, 1.54) is 26.0 Å². The van der Waals surface area contributed by atoms with Crippen molar-refractivity contribution in [3.8, 4) is 11.5 Å².